The van der Waals surface area contributed by atoms with Crippen molar-refractivity contribution >= 4 is 29.4 Å². The Morgan fingerprint density at radius 2 is 1.90 bits per heavy atom. The SMILES string of the molecule is Cc1cc(Nc2ncnc(NC(=O)C3CC3)n2)c(=O)n2c1C(=O)NC21CCCCC1. The number of fused-ring (bicyclic) bond motifs is 2. The van der Waals surface area contributed by atoms with Gasteiger partial charge in [0.2, 0.25) is 17.8 Å². The molecule has 3 N–H and O–H groups in total. The van der Waals surface area contributed by atoms with Crippen molar-refractivity contribution in [1.82, 2.24) is 24.8 Å². The van der Waals surface area contributed by atoms with Crippen LogP contribution in [0.5, 0.6) is 0 Å². The zero-order valence-corrected chi connectivity index (χ0v) is 16.7. The summed E-state index contributed by atoms with van der Waals surface area (Å²) in [5, 5.41) is 8.69. The molecule has 0 unspecified atom stereocenters. The van der Waals surface area contributed by atoms with Crippen LogP contribution in [0.2, 0.25) is 0 Å². The number of hydrogen-bond donors (Lipinski definition) is 3. The molecule has 3 heterocycles. The van der Waals surface area contributed by atoms with E-state index in [1.807, 2.05) is 6.92 Å². The Bertz CT molecular complexity index is 1100. The topological polar surface area (TPSA) is 131 Å². The lowest BCUT2D eigenvalue weighted by Crippen LogP contribution is -2.48. The monoisotopic (exact) mass is 409 g/mol. The van der Waals surface area contributed by atoms with Crippen molar-refractivity contribution in [3.63, 3.8) is 0 Å². The minimum Gasteiger partial charge on any atom is -0.327 e. The Morgan fingerprint density at radius 1 is 1.17 bits per heavy atom. The third kappa shape index (κ3) is 3.12. The fraction of sp³-hybridized carbons (Fsp3) is 0.500. The number of rotatable bonds is 4. The Balaban J connectivity index is 1.48. The molecule has 2 saturated carbocycles. The van der Waals surface area contributed by atoms with Crippen molar-refractivity contribution in [2.75, 3.05) is 10.6 Å². The third-order valence-electron chi connectivity index (χ3n) is 6.06. The number of hydrogen-bond acceptors (Lipinski definition) is 7. The molecule has 2 aromatic rings. The van der Waals surface area contributed by atoms with Gasteiger partial charge in [0, 0.05) is 5.92 Å². The van der Waals surface area contributed by atoms with Crippen molar-refractivity contribution in [1.29, 1.82) is 0 Å². The lowest BCUT2D eigenvalue weighted by Gasteiger charge is -2.35. The largest absolute Gasteiger partial charge is 0.327 e. The number of anilines is 3. The number of carbonyl (C=O) groups is 2. The first-order valence-corrected chi connectivity index (χ1v) is 10.3. The van der Waals surface area contributed by atoms with Crippen LogP contribution in [-0.4, -0.2) is 31.3 Å². The van der Waals surface area contributed by atoms with Gasteiger partial charge in [0.25, 0.3) is 11.5 Å². The zero-order valence-electron chi connectivity index (χ0n) is 16.7. The van der Waals surface area contributed by atoms with Gasteiger partial charge in [-0.3, -0.25) is 24.3 Å². The molecule has 3 aliphatic rings. The average Bonchev–Trinajstić information content (AvgIpc) is 3.52. The van der Waals surface area contributed by atoms with Crippen molar-refractivity contribution in [2.45, 2.75) is 57.5 Å². The zero-order chi connectivity index (χ0) is 20.9. The number of nitrogens with one attached hydrogen (secondary N) is 3. The second-order valence-electron chi connectivity index (χ2n) is 8.30. The van der Waals surface area contributed by atoms with E-state index in [4.69, 9.17) is 0 Å². The second kappa shape index (κ2) is 6.89. The average molecular weight is 409 g/mol. The molecular weight excluding hydrogens is 386 g/mol. The first-order chi connectivity index (χ1) is 14.5. The van der Waals surface area contributed by atoms with Crippen molar-refractivity contribution in [3.8, 4) is 0 Å². The summed E-state index contributed by atoms with van der Waals surface area (Å²) in [4.78, 5) is 50.2. The lowest BCUT2D eigenvalue weighted by molar-refractivity contribution is -0.117. The molecule has 1 aliphatic heterocycles. The van der Waals surface area contributed by atoms with Crippen LogP contribution < -0.4 is 21.5 Å². The molecule has 0 saturated heterocycles. The van der Waals surface area contributed by atoms with E-state index < -0.39 is 5.66 Å². The smallest absolute Gasteiger partial charge is 0.276 e. The van der Waals surface area contributed by atoms with E-state index in [0.717, 1.165) is 44.9 Å². The maximum Gasteiger partial charge on any atom is 0.276 e. The highest BCUT2D eigenvalue weighted by Crippen LogP contribution is 2.37. The lowest BCUT2D eigenvalue weighted by atomic mass is 9.89. The molecular formula is C20H23N7O3. The predicted molar refractivity (Wildman–Crippen MR) is 108 cm³/mol. The van der Waals surface area contributed by atoms with E-state index in [9.17, 15) is 14.4 Å². The molecule has 0 radical (unpaired) electrons. The number of amides is 2. The Labute approximate surface area is 172 Å². The van der Waals surface area contributed by atoms with E-state index in [0.29, 0.717) is 11.3 Å². The molecule has 2 aliphatic carbocycles. The summed E-state index contributed by atoms with van der Waals surface area (Å²) in [6.45, 7) is 1.81. The Morgan fingerprint density at radius 3 is 2.63 bits per heavy atom. The molecule has 156 valence electrons. The standard InChI is InChI=1S/C20H23N7O3/c1-11-9-13(23-18-21-10-22-19(25-18)24-15(28)12-5-6-12)17(30)27-14(11)16(29)26-20(27)7-3-2-4-8-20/h9-10,12H,2-8H2,1H3,(H,26,29)(H2,21,22,23,24,25,28). The highest BCUT2D eigenvalue weighted by Gasteiger charge is 2.45. The summed E-state index contributed by atoms with van der Waals surface area (Å²) in [6.07, 6.45) is 7.52. The number of aromatic nitrogens is 4. The quantitative estimate of drug-likeness (QED) is 0.702. The van der Waals surface area contributed by atoms with Crippen molar-refractivity contribution < 1.29 is 9.59 Å². The van der Waals surface area contributed by atoms with Gasteiger partial charge in [-0.2, -0.15) is 4.98 Å². The summed E-state index contributed by atoms with van der Waals surface area (Å²) in [5.74, 6) is 0.0118. The van der Waals surface area contributed by atoms with E-state index in [2.05, 4.69) is 30.9 Å². The van der Waals surface area contributed by atoms with Gasteiger partial charge in [-0.05, 0) is 57.1 Å². The van der Waals surface area contributed by atoms with Gasteiger partial charge in [0.15, 0.2) is 0 Å². The van der Waals surface area contributed by atoms with Gasteiger partial charge >= 0.3 is 0 Å². The minimum atomic E-state index is -0.660. The summed E-state index contributed by atoms with van der Waals surface area (Å²) in [5.41, 5.74) is 0.448. The molecule has 10 nitrogen and oxygen atoms in total. The highest BCUT2D eigenvalue weighted by molar-refractivity contribution is 5.97. The fourth-order valence-electron chi connectivity index (χ4n) is 4.43. The highest BCUT2D eigenvalue weighted by atomic mass is 16.2. The number of nitrogens with zero attached hydrogens (tertiary/aromatic N) is 4. The molecule has 0 aromatic carbocycles. The molecule has 2 aromatic heterocycles. The van der Waals surface area contributed by atoms with Crippen LogP contribution in [0.25, 0.3) is 0 Å². The van der Waals surface area contributed by atoms with Gasteiger partial charge in [-0.1, -0.05) is 6.42 Å². The molecule has 1 spiro atoms. The molecule has 30 heavy (non-hydrogen) atoms. The Kier molecular flexibility index (Phi) is 4.30. The van der Waals surface area contributed by atoms with Crippen LogP contribution in [0.15, 0.2) is 17.2 Å². The van der Waals surface area contributed by atoms with Gasteiger partial charge in [0.1, 0.15) is 23.4 Å². The maximum absolute atomic E-state index is 13.4. The van der Waals surface area contributed by atoms with Gasteiger partial charge < -0.3 is 10.6 Å². The van der Waals surface area contributed by atoms with E-state index in [1.165, 1.54) is 6.33 Å². The summed E-state index contributed by atoms with van der Waals surface area (Å²) in [6, 6.07) is 1.64. The molecule has 2 amide bonds. The number of pyridine rings is 1. The van der Waals surface area contributed by atoms with Crippen LogP contribution in [0.1, 0.15) is 61.0 Å². The first kappa shape index (κ1) is 18.7. The van der Waals surface area contributed by atoms with Crippen LogP contribution in [0.3, 0.4) is 0 Å². The van der Waals surface area contributed by atoms with Crippen LogP contribution in [0.4, 0.5) is 17.6 Å². The molecule has 0 bridgehead atoms. The second-order valence-corrected chi connectivity index (χ2v) is 8.30. The molecule has 2 fully saturated rings. The first-order valence-electron chi connectivity index (χ1n) is 10.3. The maximum atomic E-state index is 13.4. The Hall–Kier alpha value is -3.30. The van der Waals surface area contributed by atoms with E-state index >= 15 is 0 Å². The summed E-state index contributed by atoms with van der Waals surface area (Å²) < 4.78 is 1.61. The number of carbonyl (C=O) groups excluding carboxylic acids is 2. The van der Waals surface area contributed by atoms with Crippen molar-refractivity contribution in [3.05, 3.63) is 34.0 Å². The van der Waals surface area contributed by atoms with E-state index in [1.54, 1.807) is 10.6 Å². The summed E-state index contributed by atoms with van der Waals surface area (Å²) >= 11 is 0. The van der Waals surface area contributed by atoms with Gasteiger partial charge in [0.05, 0.1) is 0 Å². The van der Waals surface area contributed by atoms with E-state index in [-0.39, 0.29) is 40.9 Å². The normalized spacial score (nSPS) is 19.3. The third-order valence-corrected chi connectivity index (χ3v) is 6.06. The van der Waals surface area contributed by atoms with Crippen LogP contribution >= 0.6 is 0 Å². The van der Waals surface area contributed by atoms with Crippen molar-refractivity contribution in [2.24, 2.45) is 5.92 Å². The summed E-state index contributed by atoms with van der Waals surface area (Å²) in [7, 11) is 0. The van der Waals surface area contributed by atoms with Gasteiger partial charge in [-0.15, -0.1) is 0 Å². The molecule has 5 rings (SSSR count). The molecule has 10 heteroatoms. The van der Waals surface area contributed by atoms with Gasteiger partial charge in [-0.25, -0.2) is 9.97 Å². The number of aryl methyl sites for hydroxylation is 1. The fourth-order valence-corrected chi connectivity index (χ4v) is 4.43. The van der Waals surface area contributed by atoms with Crippen LogP contribution in [-0.2, 0) is 10.5 Å². The minimum absolute atomic E-state index is 0.0268. The predicted octanol–water partition coefficient (Wildman–Crippen LogP) is 1.79. The van der Waals surface area contributed by atoms with Crippen LogP contribution in [0, 0.1) is 12.8 Å². The molecule has 0 atom stereocenters.